The lowest BCUT2D eigenvalue weighted by Gasteiger charge is -2.29. The van der Waals surface area contributed by atoms with Crippen LogP contribution in [0.5, 0.6) is 17.2 Å². The summed E-state index contributed by atoms with van der Waals surface area (Å²) in [5.74, 6) is 1.03. The number of rotatable bonds is 5. The van der Waals surface area contributed by atoms with Crippen molar-refractivity contribution in [1.82, 2.24) is 0 Å². The van der Waals surface area contributed by atoms with Gasteiger partial charge in [-0.3, -0.25) is 4.79 Å². The van der Waals surface area contributed by atoms with E-state index in [1.165, 1.54) is 0 Å². The molecular weight excluding hydrogens is 356 g/mol. The van der Waals surface area contributed by atoms with Gasteiger partial charge in [0.2, 0.25) is 5.91 Å². The summed E-state index contributed by atoms with van der Waals surface area (Å²) in [4.78, 5) is 26.2. The van der Waals surface area contributed by atoms with E-state index in [1.807, 2.05) is 54.6 Å². The van der Waals surface area contributed by atoms with Crippen LogP contribution < -0.4 is 19.7 Å². The van der Waals surface area contributed by atoms with Crippen LogP contribution in [0.2, 0.25) is 0 Å². The number of carbonyl (C=O) groups excluding carboxylic acids is 2. The van der Waals surface area contributed by atoms with Gasteiger partial charge in [-0.15, -0.1) is 0 Å². The molecule has 3 aromatic rings. The largest absolute Gasteiger partial charge is 0.455 e. The van der Waals surface area contributed by atoms with Crippen molar-refractivity contribution in [3.8, 4) is 17.2 Å². The molecule has 4 rings (SSSR count). The summed E-state index contributed by atoms with van der Waals surface area (Å²) in [5.41, 5.74) is 1.27. The highest BCUT2D eigenvalue weighted by atomic mass is 16.5. The second-order valence-corrected chi connectivity index (χ2v) is 6.26. The molecule has 6 nitrogen and oxygen atoms in total. The van der Waals surface area contributed by atoms with Crippen molar-refractivity contribution in [2.75, 3.05) is 23.3 Å². The molecule has 0 fully saturated rings. The third-order valence-electron chi connectivity index (χ3n) is 4.22. The molecule has 6 heteroatoms. The fraction of sp³-hybridized carbons (Fsp3) is 0.0909. The number of anilines is 2. The van der Waals surface area contributed by atoms with E-state index < -0.39 is 0 Å². The Labute approximate surface area is 162 Å². The zero-order valence-electron chi connectivity index (χ0n) is 15.0. The van der Waals surface area contributed by atoms with E-state index in [9.17, 15) is 9.59 Å². The third-order valence-corrected chi connectivity index (χ3v) is 4.22. The number of fused-ring (bicyclic) bond motifs is 1. The first-order valence-corrected chi connectivity index (χ1v) is 8.85. The van der Waals surface area contributed by atoms with Crippen molar-refractivity contribution in [3.63, 3.8) is 0 Å². The summed E-state index contributed by atoms with van der Waals surface area (Å²) in [6, 6.07) is 23.7. The number of nitrogens with zero attached hydrogens (tertiary/aromatic N) is 1. The standard InChI is InChI=1S/C22H18N2O4/c25-21(14-24-15-22(26)28-20-13-7-5-11-18(20)24)23-17-10-4-6-12-19(17)27-16-8-2-1-3-9-16/h1-13H,14-15H2,(H,23,25). The van der Waals surface area contributed by atoms with E-state index in [2.05, 4.69) is 5.32 Å². The molecule has 0 saturated heterocycles. The van der Waals surface area contributed by atoms with E-state index >= 15 is 0 Å². The van der Waals surface area contributed by atoms with Gasteiger partial charge in [0, 0.05) is 0 Å². The highest BCUT2D eigenvalue weighted by molar-refractivity contribution is 5.97. The van der Waals surface area contributed by atoms with Crippen LogP contribution in [0.25, 0.3) is 0 Å². The number of carbonyl (C=O) groups is 2. The Kier molecular flexibility index (Phi) is 4.93. The fourth-order valence-electron chi connectivity index (χ4n) is 2.98. The van der Waals surface area contributed by atoms with Gasteiger partial charge in [0.05, 0.1) is 17.9 Å². The zero-order valence-corrected chi connectivity index (χ0v) is 15.0. The molecule has 0 bridgehead atoms. The molecule has 1 aliphatic rings. The Morgan fingerprint density at radius 2 is 1.68 bits per heavy atom. The summed E-state index contributed by atoms with van der Waals surface area (Å²) in [6.07, 6.45) is 0. The second-order valence-electron chi connectivity index (χ2n) is 6.26. The van der Waals surface area contributed by atoms with Crippen LogP contribution in [0.4, 0.5) is 11.4 Å². The molecule has 28 heavy (non-hydrogen) atoms. The van der Waals surface area contributed by atoms with Crippen LogP contribution in [0, 0.1) is 0 Å². The van der Waals surface area contributed by atoms with Gasteiger partial charge in [0.1, 0.15) is 12.3 Å². The predicted molar refractivity (Wildman–Crippen MR) is 106 cm³/mol. The van der Waals surface area contributed by atoms with Crippen molar-refractivity contribution in [2.45, 2.75) is 0 Å². The molecule has 0 aliphatic carbocycles. The van der Waals surface area contributed by atoms with E-state index in [4.69, 9.17) is 9.47 Å². The van der Waals surface area contributed by atoms with E-state index in [0.717, 1.165) is 0 Å². The molecule has 1 N–H and O–H groups in total. The SMILES string of the molecule is O=C(CN1CC(=O)Oc2ccccc21)Nc1ccccc1Oc1ccccc1. The van der Waals surface area contributed by atoms with E-state index in [1.54, 1.807) is 29.2 Å². The number of para-hydroxylation sites is 5. The van der Waals surface area contributed by atoms with E-state index in [-0.39, 0.29) is 25.0 Å². The van der Waals surface area contributed by atoms with Crippen LogP contribution >= 0.6 is 0 Å². The molecule has 1 aliphatic heterocycles. The zero-order chi connectivity index (χ0) is 19.3. The number of hydrogen-bond acceptors (Lipinski definition) is 5. The maximum atomic E-state index is 12.6. The molecule has 1 heterocycles. The third kappa shape index (κ3) is 3.96. The van der Waals surface area contributed by atoms with Gasteiger partial charge < -0.3 is 19.7 Å². The number of nitrogens with one attached hydrogen (secondary N) is 1. The number of benzene rings is 3. The van der Waals surface area contributed by atoms with Crippen LogP contribution in [0.15, 0.2) is 78.9 Å². The van der Waals surface area contributed by atoms with Gasteiger partial charge in [-0.1, -0.05) is 42.5 Å². The highest BCUT2D eigenvalue weighted by Gasteiger charge is 2.25. The lowest BCUT2D eigenvalue weighted by atomic mass is 10.2. The van der Waals surface area contributed by atoms with Gasteiger partial charge in [-0.25, -0.2) is 4.79 Å². The topological polar surface area (TPSA) is 67.9 Å². The highest BCUT2D eigenvalue weighted by Crippen LogP contribution is 2.32. The number of ether oxygens (including phenoxy) is 2. The van der Waals surface area contributed by atoms with Gasteiger partial charge in [-0.2, -0.15) is 0 Å². The Hall–Kier alpha value is -3.80. The van der Waals surface area contributed by atoms with Crippen molar-refractivity contribution in [1.29, 1.82) is 0 Å². The predicted octanol–water partition coefficient (Wildman–Crippen LogP) is 3.84. The molecule has 1 amide bonds. The summed E-state index contributed by atoms with van der Waals surface area (Å²) in [6.45, 7) is 0.0401. The maximum Gasteiger partial charge on any atom is 0.331 e. The molecule has 0 saturated carbocycles. The number of amides is 1. The Balaban J connectivity index is 1.48. The Morgan fingerprint density at radius 3 is 2.54 bits per heavy atom. The van der Waals surface area contributed by atoms with Gasteiger partial charge in [0.15, 0.2) is 11.5 Å². The maximum absolute atomic E-state index is 12.6. The number of esters is 1. The minimum Gasteiger partial charge on any atom is -0.455 e. The average Bonchev–Trinajstić information content (AvgIpc) is 2.70. The molecular formula is C22H18N2O4. The van der Waals surface area contributed by atoms with Gasteiger partial charge in [-0.05, 0) is 36.4 Å². The smallest absolute Gasteiger partial charge is 0.331 e. The van der Waals surface area contributed by atoms with Crippen LogP contribution in [-0.4, -0.2) is 25.0 Å². The van der Waals surface area contributed by atoms with Crippen LogP contribution in [0.1, 0.15) is 0 Å². The average molecular weight is 374 g/mol. The quantitative estimate of drug-likeness (QED) is 0.543. The first-order valence-electron chi connectivity index (χ1n) is 8.85. The van der Waals surface area contributed by atoms with Crippen molar-refractivity contribution in [2.24, 2.45) is 0 Å². The second kappa shape index (κ2) is 7.84. The normalized spacial score (nSPS) is 12.7. The van der Waals surface area contributed by atoms with Crippen LogP contribution in [-0.2, 0) is 9.59 Å². The van der Waals surface area contributed by atoms with Crippen molar-refractivity contribution < 1.29 is 19.1 Å². The number of hydrogen-bond donors (Lipinski definition) is 1. The van der Waals surface area contributed by atoms with Crippen LogP contribution in [0.3, 0.4) is 0 Å². The first-order chi connectivity index (χ1) is 13.7. The van der Waals surface area contributed by atoms with Gasteiger partial charge >= 0.3 is 5.97 Å². The lowest BCUT2D eigenvalue weighted by Crippen LogP contribution is -2.41. The first kappa shape index (κ1) is 17.6. The molecule has 0 radical (unpaired) electrons. The lowest BCUT2D eigenvalue weighted by molar-refractivity contribution is -0.133. The Bertz CT molecular complexity index is 1000. The monoisotopic (exact) mass is 374 g/mol. The van der Waals surface area contributed by atoms with E-state index in [0.29, 0.717) is 28.6 Å². The minimum atomic E-state index is -0.390. The molecule has 140 valence electrons. The molecule has 0 unspecified atom stereocenters. The molecule has 0 atom stereocenters. The molecule has 0 aromatic heterocycles. The summed E-state index contributed by atoms with van der Waals surface area (Å²) >= 11 is 0. The summed E-state index contributed by atoms with van der Waals surface area (Å²) < 4.78 is 11.1. The fourth-order valence-corrected chi connectivity index (χ4v) is 2.98. The Morgan fingerprint density at radius 1 is 0.964 bits per heavy atom. The van der Waals surface area contributed by atoms with Crippen molar-refractivity contribution in [3.05, 3.63) is 78.9 Å². The minimum absolute atomic E-state index is 0.0196. The molecule has 0 spiro atoms. The summed E-state index contributed by atoms with van der Waals surface area (Å²) in [7, 11) is 0. The summed E-state index contributed by atoms with van der Waals surface area (Å²) in [5, 5.41) is 2.87. The van der Waals surface area contributed by atoms with Crippen molar-refractivity contribution >= 4 is 23.3 Å². The molecule has 3 aromatic carbocycles. The van der Waals surface area contributed by atoms with Gasteiger partial charge in [0.25, 0.3) is 0 Å².